The lowest BCUT2D eigenvalue weighted by atomic mass is 10.3. The summed E-state index contributed by atoms with van der Waals surface area (Å²) in [4.78, 5) is 16.6. The Balaban J connectivity index is 1.55. The van der Waals surface area contributed by atoms with Gasteiger partial charge in [-0.3, -0.25) is 9.20 Å². The van der Waals surface area contributed by atoms with Crippen LogP contribution in [-0.2, 0) is 5.75 Å². The maximum absolute atomic E-state index is 12.2. The van der Waals surface area contributed by atoms with Gasteiger partial charge >= 0.3 is 0 Å². The second-order valence-electron chi connectivity index (χ2n) is 5.21. The number of nitrogens with zero attached hydrogens (tertiary/aromatic N) is 4. The van der Waals surface area contributed by atoms with Crippen LogP contribution in [0.15, 0.2) is 55.6 Å². The predicted octanol–water partition coefficient (Wildman–Crippen LogP) is 3.59. The molecule has 4 heterocycles. The Morgan fingerprint density at radius 3 is 2.96 bits per heavy atom. The summed E-state index contributed by atoms with van der Waals surface area (Å²) >= 11 is 7.21. The molecule has 0 radical (unpaired) electrons. The van der Waals surface area contributed by atoms with Gasteiger partial charge in [0.15, 0.2) is 0 Å². The molecule has 0 aromatic carbocycles. The van der Waals surface area contributed by atoms with E-state index in [9.17, 15) is 4.79 Å². The normalized spacial score (nSPS) is 11.3. The van der Waals surface area contributed by atoms with Gasteiger partial charge in [0, 0.05) is 18.0 Å². The molecule has 0 saturated carbocycles. The summed E-state index contributed by atoms with van der Waals surface area (Å²) in [5.74, 6) is 1.54. The van der Waals surface area contributed by atoms with Crippen LogP contribution in [0.5, 0.6) is 0 Å². The lowest BCUT2D eigenvalue weighted by molar-refractivity contribution is 0.463. The Kier molecular flexibility index (Phi) is 4.06. The van der Waals surface area contributed by atoms with Crippen LogP contribution < -0.4 is 5.56 Å². The van der Waals surface area contributed by atoms with E-state index in [0.29, 0.717) is 39.0 Å². The molecular formula is C16H11ClN4O3S. The van der Waals surface area contributed by atoms with Crippen LogP contribution in [0.4, 0.5) is 0 Å². The van der Waals surface area contributed by atoms with E-state index in [1.54, 1.807) is 30.7 Å². The first-order chi connectivity index (χ1) is 12.1. The highest BCUT2D eigenvalue weighted by molar-refractivity contribution is 7.98. The van der Waals surface area contributed by atoms with Gasteiger partial charge in [0.2, 0.25) is 0 Å². The Hall–Kier alpha value is -2.58. The Morgan fingerprint density at radius 1 is 1.28 bits per heavy atom. The van der Waals surface area contributed by atoms with Crippen molar-refractivity contribution < 1.29 is 8.83 Å². The molecule has 7 nitrogen and oxygen atoms in total. The first-order valence-corrected chi connectivity index (χ1v) is 8.65. The minimum atomic E-state index is -0.191. The number of hydrogen-bond acceptors (Lipinski definition) is 7. The van der Waals surface area contributed by atoms with Gasteiger partial charge in [0.05, 0.1) is 22.5 Å². The Bertz CT molecular complexity index is 1120. The number of pyridine rings is 1. The zero-order valence-corrected chi connectivity index (χ0v) is 14.5. The van der Waals surface area contributed by atoms with E-state index in [0.717, 1.165) is 5.56 Å². The zero-order chi connectivity index (χ0) is 17.4. The van der Waals surface area contributed by atoms with Crippen molar-refractivity contribution in [3.05, 3.63) is 63.6 Å². The zero-order valence-electron chi connectivity index (χ0n) is 13.0. The number of rotatable bonds is 4. The molecule has 0 saturated heterocycles. The lowest BCUT2D eigenvalue weighted by Gasteiger charge is -2.03. The van der Waals surface area contributed by atoms with Gasteiger partial charge in [-0.1, -0.05) is 23.4 Å². The highest BCUT2D eigenvalue weighted by Gasteiger charge is 2.14. The SMILES string of the molecule is Cc1occc1-c1nnc(SCc2cc(=O)n3cc(Cl)ccc3n2)o1. The number of hydrogen-bond donors (Lipinski definition) is 0. The summed E-state index contributed by atoms with van der Waals surface area (Å²) in [7, 11) is 0. The van der Waals surface area contributed by atoms with Crippen LogP contribution >= 0.6 is 23.4 Å². The molecule has 4 aromatic rings. The number of aromatic nitrogens is 4. The second-order valence-corrected chi connectivity index (χ2v) is 6.58. The van der Waals surface area contributed by atoms with Crippen molar-refractivity contribution in [2.45, 2.75) is 17.9 Å². The molecule has 4 rings (SSSR count). The van der Waals surface area contributed by atoms with Crippen LogP contribution in [0.1, 0.15) is 11.5 Å². The summed E-state index contributed by atoms with van der Waals surface area (Å²) in [6.45, 7) is 1.82. The van der Waals surface area contributed by atoms with Gasteiger partial charge in [-0.15, -0.1) is 10.2 Å². The molecule has 0 bridgehead atoms. The smallest absolute Gasteiger partial charge is 0.277 e. The number of aryl methyl sites for hydroxylation is 1. The largest absolute Gasteiger partial charge is 0.469 e. The fourth-order valence-corrected chi connectivity index (χ4v) is 3.14. The lowest BCUT2D eigenvalue weighted by Crippen LogP contribution is -2.15. The third-order valence-corrected chi connectivity index (χ3v) is 4.59. The highest BCUT2D eigenvalue weighted by atomic mass is 35.5. The van der Waals surface area contributed by atoms with E-state index in [1.165, 1.54) is 22.2 Å². The first-order valence-electron chi connectivity index (χ1n) is 7.29. The monoisotopic (exact) mass is 374 g/mol. The minimum absolute atomic E-state index is 0.191. The van der Waals surface area contributed by atoms with Crippen molar-refractivity contribution in [3.63, 3.8) is 0 Å². The molecular weight excluding hydrogens is 364 g/mol. The summed E-state index contributed by atoms with van der Waals surface area (Å²) in [6, 6.07) is 6.63. The third kappa shape index (κ3) is 3.18. The van der Waals surface area contributed by atoms with Gasteiger partial charge in [-0.05, 0) is 25.1 Å². The maximum Gasteiger partial charge on any atom is 0.277 e. The topological polar surface area (TPSA) is 86.4 Å². The average molecular weight is 375 g/mol. The molecule has 0 aliphatic heterocycles. The van der Waals surface area contributed by atoms with Gasteiger partial charge in [0.1, 0.15) is 11.4 Å². The molecule has 0 fully saturated rings. The Morgan fingerprint density at radius 2 is 2.16 bits per heavy atom. The van der Waals surface area contributed by atoms with E-state index in [1.807, 2.05) is 6.92 Å². The number of thioether (sulfide) groups is 1. The van der Waals surface area contributed by atoms with Crippen LogP contribution in [0.3, 0.4) is 0 Å². The van der Waals surface area contributed by atoms with Crippen LogP contribution in [0, 0.1) is 6.92 Å². The minimum Gasteiger partial charge on any atom is -0.469 e. The molecule has 0 N–H and O–H groups in total. The van der Waals surface area contributed by atoms with Crippen LogP contribution in [-0.4, -0.2) is 19.6 Å². The van der Waals surface area contributed by atoms with Crippen molar-refractivity contribution >= 4 is 29.0 Å². The third-order valence-electron chi connectivity index (χ3n) is 3.52. The van der Waals surface area contributed by atoms with Crippen molar-refractivity contribution in [2.75, 3.05) is 0 Å². The van der Waals surface area contributed by atoms with E-state index in [-0.39, 0.29) is 5.56 Å². The molecule has 9 heteroatoms. The quantitative estimate of drug-likeness (QED) is 0.504. The average Bonchev–Trinajstić information content (AvgIpc) is 3.22. The van der Waals surface area contributed by atoms with Crippen molar-refractivity contribution in [3.8, 4) is 11.5 Å². The fourth-order valence-electron chi connectivity index (χ4n) is 2.32. The van der Waals surface area contributed by atoms with E-state index >= 15 is 0 Å². The summed E-state index contributed by atoms with van der Waals surface area (Å²) in [5.41, 5.74) is 1.73. The molecule has 126 valence electrons. The molecule has 0 aliphatic carbocycles. The molecule has 25 heavy (non-hydrogen) atoms. The maximum atomic E-state index is 12.2. The first kappa shape index (κ1) is 15.9. The molecule has 0 spiro atoms. The van der Waals surface area contributed by atoms with Crippen molar-refractivity contribution in [1.82, 2.24) is 19.6 Å². The fraction of sp³-hybridized carbons (Fsp3) is 0.125. The molecule has 4 aromatic heterocycles. The number of furan rings is 1. The second kappa shape index (κ2) is 6.38. The summed E-state index contributed by atoms with van der Waals surface area (Å²) < 4.78 is 12.3. The molecule has 0 amide bonds. The predicted molar refractivity (Wildman–Crippen MR) is 92.8 cm³/mol. The molecule has 0 atom stereocenters. The Labute approximate surface area is 150 Å². The standard InChI is InChI=1S/C16H11ClN4O3S/c1-9-12(4-5-23-9)15-19-20-16(24-15)25-8-11-6-14(22)21-7-10(17)2-3-13(21)18-11/h2-7H,8H2,1H3. The molecule has 0 unspecified atom stereocenters. The van der Waals surface area contributed by atoms with Gasteiger partial charge < -0.3 is 8.83 Å². The van der Waals surface area contributed by atoms with Crippen LogP contribution in [0.25, 0.3) is 17.1 Å². The summed E-state index contributed by atoms with van der Waals surface area (Å²) in [6.07, 6.45) is 3.11. The van der Waals surface area contributed by atoms with Crippen molar-refractivity contribution in [2.24, 2.45) is 0 Å². The van der Waals surface area contributed by atoms with Gasteiger partial charge in [0.25, 0.3) is 16.7 Å². The van der Waals surface area contributed by atoms with Crippen molar-refractivity contribution in [1.29, 1.82) is 0 Å². The molecule has 0 aliphatic rings. The van der Waals surface area contributed by atoms with Gasteiger partial charge in [-0.2, -0.15) is 0 Å². The van der Waals surface area contributed by atoms with Gasteiger partial charge in [-0.25, -0.2) is 4.98 Å². The number of halogens is 1. The summed E-state index contributed by atoms with van der Waals surface area (Å²) in [5, 5.41) is 8.89. The number of fused-ring (bicyclic) bond motifs is 1. The highest BCUT2D eigenvalue weighted by Crippen LogP contribution is 2.27. The van der Waals surface area contributed by atoms with E-state index in [2.05, 4.69) is 15.2 Å². The van der Waals surface area contributed by atoms with Crippen LogP contribution in [0.2, 0.25) is 5.02 Å². The van der Waals surface area contributed by atoms with E-state index in [4.69, 9.17) is 20.4 Å². The van der Waals surface area contributed by atoms with E-state index < -0.39 is 0 Å².